The van der Waals surface area contributed by atoms with Gasteiger partial charge in [-0.2, -0.15) is 0 Å². The molecule has 2 aromatic rings. The zero-order valence-corrected chi connectivity index (χ0v) is 13.4. The van der Waals surface area contributed by atoms with Crippen molar-refractivity contribution in [1.29, 1.82) is 0 Å². The maximum absolute atomic E-state index is 11.9. The number of ether oxygens (including phenoxy) is 1. The Bertz CT molecular complexity index is 922. The molecule has 0 bridgehead atoms. The highest BCUT2D eigenvalue weighted by atomic mass is 35.5. The predicted octanol–water partition coefficient (Wildman–Crippen LogP) is 4.25. The number of hydrogen-bond donors (Lipinski definition) is 0. The van der Waals surface area contributed by atoms with Crippen LogP contribution in [0.3, 0.4) is 0 Å². The van der Waals surface area contributed by atoms with Gasteiger partial charge in [0.2, 0.25) is 5.90 Å². The maximum Gasteiger partial charge on any atom is 0.363 e. The van der Waals surface area contributed by atoms with Gasteiger partial charge in [0.25, 0.3) is 5.69 Å². The number of carbonyl (C=O) groups is 1. The lowest BCUT2D eigenvalue weighted by Gasteiger charge is -1.98. The van der Waals surface area contributed by atoms with E-state index in [1.165, 1.54) is 24.3 Å². The summed E-state index contributed by atoms with van der Waals surface area (Å²) in [5.74, 6) is -0.641. The topological polar surface area (TPSA) is 81.8 Å². The number of nitrogens with zero attached hydrogens (tertiary/aromatic N) is 2. The van der Waals surface area contributed by atoms with Crippen LogP contribution in [0.15, 0.2) is 53.2 Å². The molecule has 0 aromatic heterocycles. The van der Waals surface area contributed by atoms with E-state index in [1.807, 2.05) is 0 Å². The summed E-state index contributed by atoms with van der Waals surface area (Å²) >= 11 is 11.8. The Kier molecular flexibility index (Phi) is 4.33. The van der Waals surface area contributed by atoms with E-state index < -0.39 is 10.9 Å². The van der Waals surface area contributed by atoms with Crippen LogP contribution in [-0.4, -0.2) is 16.8 Å². The molecule has 0 N–H and O–H groups in total. The number of nitro benzene ring substituents is 1. The van der Waals surface area contributed by atoms with Gasteiger partial charge in [0, 0.05) is 17.7 Å². The van der Waals surface area contributed by atoms with Gasteiger partial charge in [-0.3, -0.25) is 10.1 Å². The summed E-state index contributed by atoms with van der Waals surface area (Å²) in [6.07, 6.45) is 1.49. The first-order chi connectivity index (χ1) is 11.4. The van der Waals surface area contributed by atoms with Gasteiger partial charge in [-0.05, 0) is 29.8 Å². The Morgan fingerprint density at radius 2 is 1.92 bits per heavy atom. The van der Waals surface area contributed by atoms with Crippen molar-refractivity contribution in [3.05, 3.63) is 79.4 Å². The van der Waals surface area contributed by atoms with Crippen LogP contribution in [-0.2, 0) is 9.53 Å². The lowest BCUT2D eigenvalue weighted by atomic mass is 10.2. The summed E-state index contributed by atoms with van der Waals surface area (Å²) < 4.78 is 5.08. The third-order valence-electron chi connectivity index (χ3n) is 3.17. The summed E-state index contributed by atoms with van der Waals surface area (Å²) in [7, 11) is 0. The number of esters is 1. The van der Waals surface area contributed by atoms with Crippen molar-refractivity contribution in [2.45, 2.75) is 0 Å². The highest BCUT2D eigenvalue weighted by Gasteiger charge is 2.25. The van der Waals surface area contributed by atoms with E-state index in [1.54, 1.807) is 24.3 Å². The molecule has 0 radical (unpaired) electrons. The van der Waals surface area contributed by atoms with Crippen molar-refractivity contribution >= 4 is 46.8 Å². The summed E-state index contributed by atoms with van der Waals surface area (Å²) in [5.41, 5.74) is 0.915. The van der Waals surface area contributed by atoms with E-state index in [-0.39, 0.29) is 17.3 Å². The largest absolute Gasteiger partial charge is 0.402 e. The van der Waals surface area contributed by atoms with Crippen LogP contribution in [0.1, 0.15) is 11.1 Å². The molecule has 120 valence electrons. The van der Waals surface area contributed by atoms with Gasteiger partial charge in [0.05, 0.1) is 15.0 Å². The standard InChI is InChI=1S/C16H8Cl2N2O4/c17-12-5-4-9(6-13(12)18)7-14-16(21)24-15(19-14)10-2-1-3-11(8-10)20(22)23/h1-8H. The zero-order chi connectivity index (χ0) is 17.3. The van der Waals surface area contributed by atoms with Gasteiger partial charge in [-0.1, -0.05) is 35.3 Å². The van der Waals surface area contributed by atoms with Gasteiger partial charge in [0.1, 0.15) is 0 Å². The molecule has 0 saturated heterocycles. The summed E-state index contributed by atoms with van der Waals surface area (Å²) in [5, 5.41) is 11.6. The SMILES string of the molecule is O=C1OC(c2cccc([N+](=O)[O-])c2)=NC1=Cc1ccc(Cl)c(Cl)c1. The number of nitro groups is 1. The molecule has 0 fully saturated rings. The molecule has 6 nitrogen and oxygen atoms in total. The van der Waals surface area contributed by atoms with E-state index >= 15 is 0 Å². The summed E-state index contributed by atoms with van der Waals surface area (Å²) in [6, 6.07) is 10.6. The normalized spacial score (nSPS) is 15.3. The van der Waals surface area contributed by atoms with Gasteiger partial charge in [0.15, 0.2) is 5.70 Å². The molecule has 1 aliphatic heterocycles. The van der Waals surface area contributed by atoms with Gasteiger partial charge < -0.3 is 4.74 Å². The number of carbonyl (C=O) groups excluding carboxylic acids is 1. The Labute approximate surface area is 146 Å². The van der Waals surface area contributed by atoms with Crippen molar-refractivity contribution in [1.82, 2.24) is 0 Å². The highest BCUT2D eigenvalue weighted by Crippen LogP contribution is 2.26. The number of hydrogen-bond acceptors (Lipinski definition) is 5. The molecular weight excluding hydrogens is 355 g/mol. The first-order valence-electron chi connectivity index (χ1n) is 6.66. The van der Waals surface area contributed by atoms with Crippen molar-refractivity contribution in [2.24, 2.45) is 4.99 Å². The van der Waals surface area contributed by atoms with Gasteiger partial charge in [-0.25, -0.2) is 9.79 Å². The fourth-order valence-corrected chi connectivity index (χ4v) is 2.35. The van der Waals surface area contributed by atoms with E-state index in [0.717, 1.165) is 0 Å². The highest BCUT2D eigenvalue weighted by molar-refractivity contribution is 6.42. The smallest absolute Gasteiger partial charge is 0.363 e. The minimum absolute atomic E-state index is 0.00927. The number of aliphatic imine (C=N–C) groups is 1. The Balaban J connectivity index is 1.95. The first-order valence-corrected chi connectivity index (χ1v) is 7.42. The number of rotatable bonds is 3. The fourth-order valence-electron chi connectivity index (χ4n) is 2.05. The summed E-state index contributed by atoms with van der Waals surface area (Å²) in [4.78, 5) is 26.3. The number of halogens is 2. The second kappa shape index (κ2) is 6.43. The predicted molar refractivity (Wildman–Crippen MR) is 90.2 cm³/mol. The average molecular weight is 363 g/mol. The van der Waals surface area contributed by atoms with Crippen LogP contribution in [0.2, 0.25) is 10.0 Å². The van der Waals surface area contributed by atoms with Crippen LogP contribution in [0, 0.1) is 10.1 Å². The van der Waals surface area contributed by atoms with Crippen molar-refractivity contribution < 1.29 is 14.5 Å². The Morgan fingerprint density at radius 3 is 2.62 bits per heavy atom. The fraction of sp³-hybridized carbons (Fsp3) is 0. The quantitative estimate of drug-likeness (QED) is 0.353. The van der Waals surface area contributed by atoms with E-state index in [9.17, 15) is 14.9 Å². The second-order valence-electron chi connectivity index (χ2n) is 4.82. The molecule has 0 atom stereocenters. The minimum Gasteiger partial charge on any atom is -0.402 e. The van der Waals surface area contributed by atoms with Crippen LogP contribution < -0.4 is 0 Å². The minimum atomic E-state index is -0.650. The van der Waals surface area contributed by atoms with Crippen LogP contribution in [0.4, 0.5) is 5.69 Å². The maximum atomic E-state index is 11.9. The second-order valence-corrected chi connectivity index (χ2v) is 5.63. The number of benzene rings is 2. The Hall–Kier alpha value is -2.70. The molecule has 0 amide bonds. The molecule has 8 heteroatoms. The van der Waals surface area contributed by atoms with Gasteiger partial charge >= 0.3 is 5.97 Å². The zero-order valence-electron chi connectivity index (χ0n) is 11.9. The van der Waals surface area contributed by atoms with Crippen molar-refractivity contribution in [3.63, 3.8) is 0 Å². The van der Waals surface area contributed by atoms with E-state index in [0.29, 0.717) is 21.2 Å². The lowest BCUT2D eigenvalue weighted by Crippen LogP contribution is -2.05. The third kappa shape index (κ3) is 3.29. The van der Waals surface area contributed by atoms with E-state index in [4.69, 9.17) is 27.9 Å². The summed E-state index contributed by atoms with van der Waals surface area (Å²) in [6.45, 7) is 0. The molecule has 0 spiro atoms. The molecule has 1 heterocycles. The lowest BCUT2D eigenvalue weighted by molar-refractivity contribution is -0.384. The molecule has 2 aromatic carbocycles. The molecule has 0 saturated carbocycles. The molecular formula is C16H8Cl2N2O4. The van der Waals surface area contributed by atoms with Crippen LogP contribution >= 0.6 is 23.2 Å². The molecule has 0 aliphatic carbocycles. The monoisotopic (exact) mass is 362 g/mol. The number of cyclic esters (lactones) is 1. The third-order valence-corrected chi connectivity index (χ3v) is 3.91. The van der Waals surface area contributed by atoms with Crippen molar-refractivity contribution in [3.8, 4) is 0 Å². The molecule has 0 unspecified atom stereocenters. The van der Waals surface area contributed by atoms with E-state index in [2.05, 4.69) is 4.99 Å². The average Bonchev–Trinajstić information content (AvgIpc) is 2.92. The van der Waals surface area contributed by atoms with Crippen molar-refractivity contribution in [2.75, 3.05) is 0 Å². The molecule has 1 aliphatic rings. The molecule has 3 rings (SSSR count). The first kappa shape index (κ1) is 16.2. The molecule has 24 heavy (non-hydrogen) atoms. The van der Waals surface area contributed by atoms with Crippen LogP contribution in [0.5, 0.6) is 0 Å². The van der Waals surface area contributed by atoms with Gasteiger partial charge in [-0.15, -0.1) is 0 Å². The number of non-ortho nitro benzene ring substituents is 1. The Morgan fingerprint density at radius 1 is 1.12 bits per heavy atom. The van der Waals surface area contributed by atoms with Crippen LogP contribution in [0.25, 0.3) is 6.08 Å².